The Labute approximate surface area is 149 Å². The molecule has 0 saturated carbocycles. The molecule has 0 fully saturated rings. The molecule has 25 heavy (non-hydrogen) atoms. The summed E-state index contributed by atoms with van der Waals surface area (Å²) in [7, 11) is 4.06. The van der Waals surface area contributed by atoms with Crippen LogP contribution in [0, 0.1) is 0 Å². The Kier molecular flexibility index (Phi) is 7.23. The fraction of sp³-hybridized carbons (Fsp3) is 0.286. The van der Waals surface area contributed by atoms with Gasteiger partial charge in [0.15, 0.2) is 23.0 Å². The Morgan fingerprint density at radius 2 is 1.64 bits per heavy atom. The zero-order valence-corrected chi connectivity index (χ0v) is 15.1. The molecule has 2 aromatic carbocycles. The van der Waals surface area contributed by atoms with Crippen LogP contribution in [0.2, 0.25) is 0 Å². The lowest BCUT2D eigenvalue weighted by molar-refractivity contribution is -0.115. The molecule has 0 aliphatic carbocycles. The zero-order valence-electron chi connectivity index (χ0n) is 15.1. The van der Waals surface area contributed by atoms with E-state index in [1.165, 1.54) is 6.92 Å². The minimum atomic E-state index is -0.133. The molecule has 0 aromatic heterocycles. The molecule has 0 aliphatic heterocycles. The molecule has 0 radical (unpaired) electrons. The van der Waals surface area contributed by atoms with Crippen LogP contribution in [-0.4, -0.2) is 37.9 Å². The van der Waals surface area contributed by atoms with E-state index in [4.69, 9.17) is 9.47 Å². The second-order valence-corrected chi connectivity index (χ2v) is 6.03. The summed E-state index contributed by atoms with van der Waals surface area (Å²) >= 11 is 0. The zero-order chi connectivity index (χ0) is 18.1. The van der Waals surface area contributed by atoms with Crippen LogP contribution >= 0.6 is 0 Å². The monoisotopic (exact) mass is 339 g/mol. The third kappa shape index (κ3) is 6.43. The van der Waals surface area contributed by atoms with E-state index in [1.54, 1.807) is 6.08 Å². The van der Waals surface area contributed by atoms with Crippen LogP contribution in [0.3, 0.4) is 0 Å². The smallest absolute Gasteiger partial charge is 0.194 e. The maximum atomic E-state index is 12.0. The van der Waals surface area contributed by atoms with E-state index in [1.807, 2.05) is 68.7 Å². The molecule has 0 unspecified atom stereocenters. The molecular weight excluding hydrogens is 314 g/mol. The van der Waals surface area contributed by atoms with Gasteiger partial charge in [-0.1, -0.05) is 42.5 Å². The van der Waals surface area contributed by atoms with Crippen molar-refractivity contribution in [3.05, 3.63) is 65.9 Å². The van der Waals surface area contributed by atoms with Crippen LogP contribution in [0.15, 0.2) is 60.4 Å². The van der Waals surface area contributed by atoms with Crippen LogP contribution < -0.4 is 9.47 Å². The third-order valence-corrected chi connectivity index (χ3v) is 3.52. The van der Waals surface area contributed by atoms with Gasteiger partial charge >= 0.3 is 0 Å². The van der Waals surface area contributed by atoms with Gasteiger partial charge in [-0.2, -0.15) is 0 Å². The van der Waals surface area contributed by atoms with E-state index in [-0.39, 0.29) is 11.5 Å². The van der Waals surface area contributed by atoms with Gasteiger partial charge in [0.1, 0.15) is 0 Å². The number of ketones is 1. The van der Waals surface area contributed by atoms with Crippen molar-refractivity contribution in [3.63, 3.8) is 0 Å². The molecule has 0 aliphatic rings. The predicted molar refractivity (Wildman–Crippen MR) is 101 cm³/mol. The van der Waals surface area contributed by atoms with Gasteiger partial charge in [-0.3, -0.25) is 4.79 Å². The molecule has 132 valence electrons. The summed E-state index contributed by atoms with van der Waals surface area (Å²) in [6, 6.07) is 17.0. The van der Waals surface area contributed by atoms with Gasteiger partial charge in [0, 0.05) is 13.5 Å². The lowest BCUT2D eigenvalue weighted by Crippen LogP contribution is -2.15. The minimum absolute atomic E-state index is 0.133. The van der Waals surface area contributed by atoms with Gasteiger partial charge in [-0.15, -0.1) is 0 Å². The predicted octanol–water partition coefficient (Wildman–Crippen LogP) is 4.03. The Morgan fingerprint density at radius 3 is 2.28 bits per heavy atom. The largest absolute Gasteiger partial charge is 0.490 e. The standard InChI is InChI=1S/C21H25NO3/c1-17(23)21(16-18-10-5-4-6-11-18)25-20-13-8-7-12-19(20)24-15-9-14-22(2)3/h4-8,10-13,16H,9,14-15H2,1-3H3/b21-16-. The third-order valence-electron chi connectivity index (χ3n) is 3.52. The fourth-order valence-electron chi connectivity index (χ4n) is 2.24. The summed E-state index contributed by atoms with van der Waals surface area (Å²) in [4.78, 5) is 14.1. The number of ether oxygens (including phenoxy) is 2. The van der Waals surface area contributed by atoms with E-state index in [0.29, 0.717) is 18.1 Å². The van der Waals surface area contributed by atoms with Gasteiger partial charge in [0.25, 0.3) is 0 Å². The summed E-state index contributed by atoms with van der Waals surface area (Å²) in [5.74, 6) is 1.34. The van der Waals surface area contributed by atoms with Crippen molar-refractivity contribution in [3.8, 4) is 11.5 Å². The lowest BCUT2D eigenvalue weighted by Gasteiger charge is -2.14. The fourth-order valence-corrected chi connectivity index (χ4v) is 2.24. The summed E-state index contributed by atoms with van der Waals surface area (Å²) in [6.45, 7) is 3.04. The number of benzene rings is 2. The molecule has 0 heterocycles. The van der Waals surface area contributed by atoms with E-state index in [9.17, 15) is 4.79 Å². The lowest BCUT2D eigenvalue weighted by atomic mass is 10.2. The number of allylic oxidation sites excluding steroid dienone is 1. The minimum Gasteiger partial charge on any atom is -0.490 e. The highest BCUT2D eigenvalue weighted by atomic mass is 16.5. The first-order valence-electron chi connectivity index (χ1n) is 8.38. The Bertz CT molecular complexity index is 708. The second kappa shape index (κ2) is 9.64. The van der Waals surface area contributed by atoms with Crippen LogP contribution in [0.4, 0.5) is 0 Å². The highest BCUT2D eigenvalue weighted by Gasteiger charge is 2.11. The van der Waals surface area contributed by atoms with Gasteiger partial charge in [-0.05, 0) is 44.3 Å². The molecule has 0 bridgehead atoms. The number of Topliss-reactive ketones (excluding diaryl/α,β-unsaturated/α-hetero) is 1. The summed E-state index contributed by atoms with van der Waals surface area (Å²) in [5.41, 5.74) is 0.914. The number of carbonyl (C=O) groups is 1. The van der Waals surface area contributed by atoms with Crippen LogP contribution in [0.25, 0.3) is 6.08 Å². The van der Waals surface area contributed by atoms with Crippen molar-refractivity contribution in [1.29, 1.82) is 0 Å². The Morgan fingerprint density at radius 1 is 1.00 bits per heavy atom. The van der Waals surface area contributed by atoms with E-state index in [2.05, 4.69) is 4.90 Å². The molecular formula is C21H25NO3. The summed E-state index contributed by atoms with van der Waals surface area (Å²) in [6.07, 6.45) is 2.66. The molecule has 0 spiro atoms. The van der Waals surface area contributed by atoms with Gasteiger partial charge in [0.2, 0.25) is 0 Å². The normalized spacial score (nSPS) is 11.4. The molecule has 0 N–H and O–H groups in total. The average Bonchev–Trinajstić information content (AvgIpc) is 2.60. The SMILES string of the molecule is CC(=O)/C(=C/c1ccccc1)Oc1ccccc1OCCCN(C)C. The number of hydrogen-bond acceptors (Lipinski definition) is 4. The van der Waals surface area contributed by atoms with E-state index in [0.717, 1.165) is 18.5 Å². The van der Waals surface area contributed by atoms with Crippen molar-refractivity contribution in [1.82, 2.24) is 4.90 Å². The van der Waals surface area contributed by atoms with E-state index >= 15 is 0 Å². The highest BCUT2D eigenvalue weighted by molar-refractivity contribution is 5.96. The number of para-hydroxylation sites is 2. The van der Waals surface area contributed by atoms with Crippen molar-refractivity contribution in [2.75, 3.05) is 27.2 Å². The molecule has 0 amide bonds. The summed E-state index contributed by atoms with van der Waals surface area (Å²) in [5, 5.41) is 0. The second-order valence-electron chi connectivity index (χ2n) is 6.03. The Balaban J connectivity index is 2.11. The van der Waals surface area contributed by atoms with Crippen LogP contribution in [0.5, 0.6) is 11.5 Å². The molecule has 4 heteroatoms. The average molecular weight is 339 g/mol. The van der Waals surface area contributed by atoms with Crippen LogP contribution in [0.1, 0.15) is 18.9 Å². The highest BCUT2D eigenvalue weighted by Crippen LogP contribution is 2.29. The summed E-state index contributed by atoms with van der Waals surface area (Å²) < 4.78 is 11.7. The molecule has 4 nitrogen and oxygen atoms in total. The topological polar surface area (TPSA) is 38.8 Å². The van der Waals surface area contributed by atoms with Crippen LogP contribution in [-0.2, 0) is 4.79 Å². The maximum Gasteiger partial charge on any atom is 0.194 e. The Hall–Kier alpha value is -2.59. The molecule has 0 atom stereocenters. The van der Waals surface area contributed by atoms with Crippen molar-refractivity contribution in [2.45, 2.75) is 13.3 Å². The van der Waals surface area contributed by atoms with E-state index < -0.39 is 0 Å². The quantitative estimate of drug-likeness (QED) is 0.393. The first kappa shape index (κ1) is 18.7. The maximum absolute atomic E-state index is 12.0. The van der Waals surface area contributed by atoms with Crippen molar-refractivity contribution < 1.29 is 14.3 Å². The number of hydrogen-bond donors (Lipinski definition) is 0. The molecule has 2 aromatic rings. The first-order valence-corrected chi connectivity index (χ1v) is 8.38. The van der Waals surface area contributed by atoms with Gasteiger partial charge in [-0.25, -0.2) is 0 Å². The molecule has 2 rings (SSSR count). The van der Waals surface area contributed by atoms with Gasteiger partial charge < -0.3 is 14.4 Å². The number of rotatable bonds is 9. The van der Waals surface area contributed by atoms with Crippen molar-refractivity contribution >= 4 is 11.9 Å². The van der Waals surface area contributed by atoms with Crippen molar-refractivity contribution in [2.24, 2.45) is 0 Å². The van der Waals surface area contributed by atoms with Gasteiger partial charge in [0.05, 0.1) is 6.61 Å². The number of nitrogens with zero attached hydrogens (tertiary/aromatic N) is 1. The molecule has 0 saturated heterocycles. The first-order chi connectivity index (χ1) is 12.1. The number of carbonyl (C=O) groups excluding carboxylic acids is 1.